The molecule has 2 aromatic rings. The number of hydrogen-bond acceptors (Lipinski definition) is 3. The van der Waals surface area contributed by atoms with Crippen LogP contribution in [-0.4, -0.2) is 9.72 Å². The first-order valence-electron chi connectivity index (χ1n) is 6.42. The molecule has 1 aromatic carbocycles. The number of aromatic nitrogens is 2. The van der Waals surface area contributed by atoms with Crippen LogP contribution < -0.4 is 5.76 Å². The molecular formula is C15H20N2O2. The minimum Gasteiger partial charge on any atom is -0.296 e. The highest BCUT2D eigenvalue weighted by Gasteiger charge is 2.15. The summed E-state index contributed by atoms with van der Waals surface area (Å²) in [7, 11) is 1.69. The lowest BCUT2D eigenvalue weighted by Gasteiger charge is -2.18. The lowest BCUT2D eigenvalue weighted by molar-refractivity contribution is 0.376. The Bertz CT molecular complexity index is 664. The van der Waals surface area contributed by atoms with E-state index in [1.54, 1.807) is 7.05 Å². The molecule has 2 rings (SSSR count). The molecular weight excluding hydrogens is 240 g/mol. The monoisotopic (exact) mass is 260 g/mol. The van der Waals surface area contributed by atoms with Gasteiger partial charge in [-0.05, 0) is 68.0 Å². The van der Waals surface area contributed by atoms with Crippen LogP contribution in [0.4, 0.5) is 0 Å². The van der Waals surface area contributed by atoms with Crippen molar-refractivity contribution in [3.05, 3.63) is 49.8 Å². The average molecular weight is 260 g/mol. The molecule has 0 amide bonds. The molecule has 4 heteroatoms. The van der Waals surface area contributed by atoms with Crippen molar-refractivity contribution in [3.63, 3.8) is 0 Å². The van der Waals surface area contributed by atoms with Crippen LogP contribution in [0.2, 0.25) is 0 Å². The second kappa shape index (κ2) is 4.68. The summed E-state index contributed by atoms with van der Waals surface area (Å²) in [6.07, 6.45) is 0.627. The third-order valence-corrected chi connectivity index (χ3v) is 4.38. The van der Waals surface area contributed by atoms with Gasteiger partial charge in [-0.1, -0.05) is 5.16 Å². The van der Waals surface area contributed by atoms with Crippen LogP contribution in [0.15, 0.2) is 9.32 Å². The second-order valence-corrected chi connectivity index (χ2v) is 5.20. The predicted octanol–water partition coefficient (Wildman–Crippen LogP) is 2.51. The highest BCUT2D eigenvalue weighted by Crippen LogP contribution is 2.27. The summed E-state index contributed by atoms with van der Waals surface area (Å²) < 4.78 is 6.15. The van der Waals surface area contributed by atoms with E-state index >= 15 is 0 Å². The molecule has 0 unspecified atom stereocenters. The highest BCUT2D eigenvalue weighted by atomic mass is 16.5. The van der Waals surface area contributed by atoms with Gasteiger partial charge in [0.2, 0.25) is 0 Å². The summed E-state index contributed by atoms with van der Waals surface area (Å²) in [5.74, 6) is 0.254. The van der Waals surface area contributed by atoms with Gasteiger partial charge in [-0.2, -0.15) is 0 Å². The van der Waals surface area contributed by atoms with Crippen LogP contribution in [0, 0.1) is 34.6 Å². The Kier molecular flexibility index (Phi) is 3.35. The molecule has 0 spiro atoms. The Morgan fingerprint density at radius 3 is 1.84 bits per heavy atom. The Labute approximate surface area is 113 Å². The average Bonchev–Trinajstić information content (AvgIpc) is 2.71. The molecule has 19 heavy (non-hydrogen) atoms. The van der Waals surface area contributed by atoms with Gasteiger partial charge in [-0.15, -0.1) is 0 Å². The molecule has 4 nitrogen and oxygen atoms in total. The van der Waals surface area contributed by atoms with Crippen molar-refractivity contribution in [3.8, 4) is 0 Å². The van der Waals surface area contributed by atoms with E-state index < -0.39 is 5.76 Å². The molecule has 0 N–H and O–H groups in total. The van der Waals surface area contributed by atoms with Crippen LogP contribution in [0.3, 0.4) is 0 Å². The maximum Gasteiger partial charge on any atom is 0.441 e. The van der Waals surface area contributed by atoms with Gasteiger partial charge in [0.15, 0.2) is 5.82 Å². The third-order valence-electron chi connectivity index (χ3n) is 4.38. The lowest BCUT2D eigenvalue weighted by Crippen LogP contribution is -2.13. The molecule has 102 valence electrons. The molecule has 0 fully saturated rings. The van der Waals surface area contributed by atoms with Crippen molar-refractivity contribution in [1.82, 2.24) is 9.72 Å². The molecule has 0 aliphatic heterocycles. The molecule has 0 aliphatic rings. The Morgan fingerprint density at radius 1 is 0.947 bits per heavy atom. The molecule has 1 heterocycles. The van der Waals surface area contributed by atoms with Crippen molar-refractivity contribution >= 4 is 0 Å². The first-order valence-corrected chi connectivity index (χ1v) is 6.42. The Balaban J connectivity index is 2.58. The second-order valence-electron chi connectivity index (χ2n) is 5.20. The number of hydrogen-bond donors (Lipinski definition) is 0. The van der Waals surface area contributed by atoms with Crippen LogP contribution in [0.5, 0.6) is 0 Å². The summed E-state index contributed by atoms with van der Waals surface area (Å²) in [5, 5.41) is 3.85. The van der Waals surface area contributed by atoms with E-state index in [-0.39, 0.29) is 0 Å². The minimum absolute atomic E-state index is 0.411. The zero-order valence-corrected chi connectivity index (χ0v) is 12.4. The topological polar surface area (TPSA) is 48.0 Å². The molecule has 0 atom stereocenters. The van der Waals surface area contributed by atoms with Crippen LogP contribution in [0.25, 0.3) is 0 Å². The summed E-state index contributed by atoms with van der Waals surface area (Å²) in [4.78, 5) is 11.3. The zero-order valence-electron chi connectivity index (χ0n) is 12.4. The third kappa shape index (κ3) is 2.11. The van der Waals surface area contributed by atoms with Crippen molar-refractivity contribution in [2.75, 3.05) is 0 Å². The first kappa shape index (κ1) is 13.6. The fourth-order valence-electron chi connectivity index (χ4n) is 2.47. The van der Waals surface area contributed by atoms with Crippen LogP contribution in [-0.2, 0) is 13.5 Å². The summed E-state index contributed by atoms with van der Waals surface area (Å²) in [5.41, 5.74) is 7.75. The molecule has 0 saturated carbocycles. The fourth-order valence-corrected chi connectivity index (χ4v) is 2.47. The summed E-state index contributed by atoms with van der Waals surface area (Å²) >= 11 is 0. The Morgan fingerprint density at radius 2 is 1.42 bits per heavy atom. The smallest absolute Gasteiger partial charge is 0.296 e. The van der Waals surface area contributed by atoms with Gasteiger partial charge in [0.05, 0.1) is 0 Å². The largest absolute Gasteiger partial charge is 0.441 e. The van der Waals surface area contributed by atoms with E-state index in [0.717, 1.165) is 0 Å². The number of rotatable bonds is 2. The van der Waals surface area contributed by atoms with Crippen molar-refractivity contribution in [1.29, 1.82) is 0 Å². The maximum absolute atomic E-state index is 11.3. The first-order chi connectivity index (χ1) is 8.84. The quantitative estimate of drug-likeness (QED) is 0.833. The molecule has 0 aliphatic carbocycles. The van der Waals surface area contributed by atoms with Crippen LogP contribution >= 0.6 is 0 Å². The van der Waals surface area contributed by atoms with Gasteiger partial charge in [-0.3, -0.25) is 9.09 Å². The van der Waals surface area contributed by atoms with Gasteiger partial charge in [0.1, 0.15) is 0 Å². The van der Waals surface area contributed by atoms with Crippen molar-refractivity contribution < 1.29 is 4.52 Å². The molecule has 1 aromatic heterocycles. The highest BCUT2D eigenvalue weighted by molar-refractivity contribution is 5.50. The summed E-state index contributed by atoms with van der Waals surface area (Å²) in [6, 6.07) is 0. The number of benzene rings is 1. The number of nitrogens with zero attached hydrogens (tertiary/aromatic N) is 2. The van der Waals surface area contributed by atoms with Crippen LogP contribution in [0.1, 0.15) is 39.2 Å². The minimum atomic E-state index is -0.411. The van der Waals surface area contributed by atoms with E-state index in [1.807, 2.05) is 0 Å². The SMILES string of the molecule is Cc1c(C)c(C)c(Cc2noc(=O)n2C)c(C)c1C. The molecule has 0 saturated heterocycles. The maximum atomic E-state index is 11.3. The zero-order chi connectivity index (χ0) is 14.3. The van der Waals surface area contributed by atoms with E-state index in [1.165, 1.54) is 37.9 Å². The Hall–Kier alpha value is -1.84. The fraction of sp³-hybridized carbons (Fsp3) is 0.467. The normalized spacial score (nSPS) is 11.1. The standard InChI is InChI=1S/C15H20N2O2/c1-8-9(2)11(4)13(12(5)10(8)3)7-14-16-19-15(18)17(14)6/h7H2,1-6H3. The van der Waals surface area contributed by atoms with E-state index in [9.17, 15) is 4.79 Å². The molecule has 0 bridgehead atoms. The lowest BCUT2D eigenvalue weighted by atomic mass is 9.88. The predicted molar refractivity (Wildman–Crippen MR) is 74.7 cm³/mol. The van der Waals surface area contributed by atoms with Gasteiger partial charge < -0.3 is 0 Å². The van der Waals surface area contributed by atoms with Gasteiger partial charge >= 0.3 is 5.76 Å². The van der Waals surface area contributed by atoms with Gasteiger partial charge in [0.25, 0.3) is 0 Å². The molecule has 0 radical (unpaired) electrons. The van der Waals surface area contributed by atoms with Gasteiger partial charge in [-0.25, -0.2) is 4.79 Å². The van der Waals surface area contributed by atoms with E-state index in [0.29, 0.717) is 12.2 Å². The van der Waals surface area contributed by atoms with E-state index in [4.69, 9.17) is 0 Å². The van der Waals surface area contributed by atoms with Crippen molar-refractivity contribution in [2.45, 2.75) is 41.0 Å². The summed E-state index contributed by atoms with van der Waals surface area (Å²) in [6.45, 7) is 10.7. The van der Waals surface area contributed by atoms with Gasteiger partial charge in [0, 0.05) is 13.5 Å². The van der Waals surface area contributed by atoms with E-state index in [2.05, 4.69) is 44.3 Å². The van der Waals surface area contributed by atoms with Crippen molar-refractivity contribution in [2.24, 2.45) is 7.05 Å².